The third kappa shape index (κ3) is 2.31. The Bertz CT molecular complexity index is 656. The average Bonchev–Trinajstić information content (AvgIpc) is 2.78. The zero-order valence-electron chi connectivity index (χ0n) is 15.1. The van der Waals surface area contributed by atoms with Gasteiger partial charge in [0, 0.05) is 18.8 Å². The van der Waals surface area contributed by atoms with Crippen molar-refractivity contribution in [2.45, 2.75) is 71.8 Å². The van der Waals surface area contributed by atoms with Crippen molar-refractivity contribution in [1.82, 2.24) is 0 Å². The molecule has 0 aromatic carbocycles. The lowest BCUT2D eigenvalue weighted by atomic mass is 9.57. The first-order valence-electron chi connectivity index (χ1n) is 9.53. The molecule has 0 heterocycles. The Balaban J connectivity index is 1.69. The number of hydrogen-bond donors (Lipinski definition) is 0. The Morgan fingerprint density at radius 2 is 2.04 bits per heavy atom. The van der Waals surface area contributed by atoms with Crippen molar-refractivity contribution in [3.8, 4) is 0 Å². The fourth-order valence-corrected chi connectivity index (χ4v) is 6.28. The van der Waals surface area contributed by atoms with Gasteiger partial charge in [-0.05, 0) is 73.5 Å². The molecule has 0 unspecified atom stereocenters. The molecule has 24 heavy (non-hydrogen) atoms. The highest BCUT2D eigenvalue weighted by atomic mass is 16.5. The summed E-state index contributed by atoms with van der Waals surface area (Å²) in [7, 11) is 0. The van der Waals surface area contributed by atoms with E-state index in [4.69, 9.17) is 4.74 Å². The van der Waals surface area contributed by atoms with Crippen LogP contribution in [-0.4, -0.2) is 17.9 Å². The van der Waals surface area contributed by atoms with Crippen LogP contribution < -0.4 is 0 Å². The first-order valence-corrected chi connectivity index (χ1v) is 9.53. The molecule has 2 fully saturated rings. The van der Waals surface area contributed by atoms with E-state index in [-0.39, 0.29) is 17.5 Å². The zero-order chi connectivity index (χ0) is 17.1. The van der Waals surface area contributed by atoms with Gasteiger partial charge in [0.25, 0.3) is 0 Å². The summed E-state index contributed by atoms with van der Waals surface area (Å²) in [5.74, 6) is 1.85. The summed E-state index contributed by atoms with van der Waals surface area (Å²) in [6, 6.07) is 0. The molecule has 0 saturated heterocycles. The maximum atomic E-state index is 11.8. The Hall–Kier alpha value is -1.38. The molecular formula is C21H28O3. The molecule has 3 heteroatoms. The van der Waals surface area contributed by atoms with Crippen LogP contribution in [0.4, 0.5) is 0 Å². The van der Waals surface area contributed by atoms with E-state index in [0.29, 0.717) is 30.0 Å². The average molecular weight is 328 g/mol. The van der Waals surface area contributed by atoms with Gasteiger partial charge in [-0.1, -0.05) is 19.4 Å². The molecule has 0 radical (unpaired) electrons. The molecule has 0 N–H and O–H groups in total. The van der Waals surface area contributed by atoms with Crippen molar-refractivity contribution >= 4 is 11.8 Å². The van der Waals surface area contributed by atoms with Crippen molar-refractivity contribution < 1.29 is 14.3 Å². The number of fused-ring (bicyclic) bond motifs is 4. The van der Waals surface area contributed by atoms with Crippen LogP contribution in [0.5, 0.6) is 0 Å². The molecule has 3 nitrogen and oxygen atoms in total. The monoisotopic (exact) mass is 328 g/mol. The highest BCUT2D eigenvalue weighted by Gasteiger charge is 2.57. The second kappa shape index (κ2) is 5.57. The van der Waals surface area contributed by atoms with E-state index in [9.17, 15) is 9.59 Å². The van der Waals surface area contributed by atoms with Crippen LogP contribution in [0, 0.1) is 23.2 Å². The van der Waals surface area contributed by atoms with Gasteiger partial charge in [0.1, 0.15) is 6.10 Å². The molecule has 4 aliphatic carbocycles. The summed E-state index contributed by atoms with van der Waals surface area (Å²) in [4.78, 5) is 23.3. The summed E-state index contributed by atoms with van der Waals surface area (Å²) in [5.41, 5.74) is 4.59. The number of carbonyl (C=O) groups excluding carboxylic acids is 2. The molecule has 4 rings (SSSR count). The summed E-state index contributed by atoms with van der Waals surface area (Å²) in [5, 5.41) is 0. The molecule has 0 aromatic heterocycles. The molecule has 0 aliphatic heterocycles. The van der Waals surface area contributed by atoms with E-state index in [1.54, 1.807) is 5.57 Å². The maximum absolute atomic E-state index is 11.8. The van der Waals surface area contributed by atoms with Gasteiger partial charge in [-0.15, -0.1) is 0 Å². The minimum Gasteiger partial charge on any atom is -0.462 e. The Kier molecular flexibility index (Phi) is 3.74. The van der Waals surface area contributed by atoms with E-state index in [1.807, 2.05) is 6.08 Å². The van der Waals surface area contributed by atoms with Crippen LogP contribution in [-0.2, 0) is 14.3 Å². The van der Waals surface area contributed by atoms with Crippen LogP contribution in [0.2, 0.25) is 0 Å². The summed E-state index contributed by atoms with van der Waals surface area (Å²) >= 11 is 0. The molecule has 2 saturated carbocycles. The molecule has 0 bridgehead atoms. The fraction of sp³-hybridized carbons (Fsp3) is 0.714. The highest BCUT2D eigenvalue weighted by Crippen LogP contribution is 2.62. The maximum Gasteiger partial charge on any atom is 0.302 e. The quantitative estimate of drug-likeness (QED) is 0.671. The molecule has 0 spiro atoms. The van der Waals surface area contributed by atoms with Crippen LogP contribution in [0.25, 0.3) is 0 Å². The number of ketones is 1. The normalized spacial score (nSPS) is 41.3. The predicted octanol–water partition coefficient (Wildman–Crippen LogP) is 4.37. The second-order valence-electron chi connectivity index (χ2n) is 8.64. The van der Waals surface area contributed by atoms with E-state index >= 15 is 0 Å². The van der Waals surface area contributed by atoms with Gasteiger partial charge >= 0.3 is 5.97 Å². The standard InChI is InChI=1S/C21H28O3/c1-12-10-19-18-6-4-14-11-15(23)5-7-16(14)17(18)8-9-21(19,3)20(12)24-13(2)22/h11-12,18-20H,4-10H2,1-3H3/t12-,18-,19+,20+,21+/m1/s1. The van der Waals surface area contributed by atoms with E-state index in [1.165, 1.54) is 18.1 Å². The Morgan fingerprint density at radius 3 is 2.79 bits per heavy atom. The third-order valence-electron chi connectivity index (χ3n) is 7.26. The predicted molar refractivity (Wildman–Crippen MR) is 92.2 cm³/mol. The van der Waals surface area contributed by atoms with Crippen molar-refractivity contribution in [1.29, 1.82) is 0 Å². The SMILES string of the molecule is CC(=O)O[C@H]1[C@H](C)C[C@H]2[C@@H]3CCC4=CC(=O)CCC4=C3CC[C@@]21C. The molecule has 5 atom stereocenters. The third-order valence-corrected chi connectivity index (χ3v) is 7.26. The number of esters is 1. The Labute approximate surface area is 144 Å². The summed E-state index contributed by atoms with van der Waals surface area (Å²) < 4.78 is 5.79. The zero-order valence-corrected chi connectivity index (χ0v) is 15.1. The number of allylic oxidation sites excluding steroid dienone is 4. The van der Waals surface area contributed by atoms with Crippen molar-refractivity contribution in [2.75, 3.05) is 0 Å². The van der Waals surface area contributed by atoms with Crippen LogP contribution in [0.15, 0.2) is 22.8 Å². The first-order chi connectivity index (χ1) is 11.4. The molecule has 4 aliphatic rings. The summed E-state index contributed by atoms with van der Waals surface area (Å²) in [6.45, 7) is 6.14. The number of carbonyl (C=O) groups is 2. The largest absolute Gasteiger partial charge is 0.462 e. The van der Waals surface area contributed by atoms with Gasteiger partial charge in [0.05, 0.1) is 0 Å². The molecule has 0 aromatic rings. The van der Waals surface area contributed by atoms with Crippen molar-refractivity contribution in [2.24, 2.45) is 23.2 Å². The lowest BCUT2D eigenvalue weighted by Crippen LogP contribution is -2.44. The van der Waals surface area contributed by atoms with Crippen molar-refractivity contribution in [3.63, 3.8) is 0 Å². The van der Waals surface area contributed by atoms with E-state index in [0.717, 1.165) is 38.5 Å². The van der Waals surface area contributed by atoms with Gasteiger partial charge in [-0.2, -0.15) is 0 Å². The minimum absolute atomic E-state index is 0.0661. The Morgan fingerprint density at radius 1 is 1.25 bits per heavy atom. The first kappa shape index (κ1) is 16.1. The fourth-order valence-electron chi connectivity index (χ4n) is 6.28. The smallest absolute Gasteiger partial charge is 0.302 e. The van der Waals surface area contributed by atoms with E-state index in [2.05, 4.69) is 13.8 Å². The van der Waals surface area contributed by atoms with Gasteiger partial charge in [0.15, 0.2) is 5.78 Å². The van der Waals surface area contributed by atoms with Gasteiger partial charge in [0.2, 0.25) is 0 Å². The van der Waals surface area contributed by atoms with Crippen LogP contribution in [0.1, 0.15) is 65.7 Å². The molecular weight excluding hydrogens is 300 g/mol. The van der Waals surface area contributed by atoms with Crippen LogP contribution >= 0.6 is 0 Å². The topological polar surface area (TPSA) is 43.4 Å². The van der Waals surface area contributed by atoms with E-state index < -0.39 is 0 Å². The molecule has 0 amide bonds. The lowest BCUT2D eigenvalue weighted by Gasteiger charge is -2.48. The lowest BCUT2D eigenvalue weighted by molar-refractivity contribution is -0.156. The number of rotatable bonds is 1. The van der Waals surface area contributed by atoms with Crippen LogP contribution in [0.3, 0.4) is 0 Å². The summed E-state index contributed by atoms with van der Waals surface area (Å²) in [6.07, 6.45) is 9.21. The number of hydrogen-bond acceptors (Lipinski definition) is 3. The van der Waals surface area contributed by atoms with Crippen molar-refractivity contribution in [3.05, 3.63) is 22.8 Å². The number of ether oxygens (including phenoxy) is 1. The van der Waals surface area contributed by atoms with Gasteiger partial charge < -0.3 is 4.74 Å². The highest BCUT2D eigenvalue weighted by molar-refractivity contribution is 5.93. The van der Waals surface area contributed by atoms with Gasteiger partial charge in [-0.3, -0.25) is 9.59 Å². The molecule has 130 valence electrons. The second-order valence-corrected chi connectivity index (χ2v) is 8.64. The minimum atomic E-state index is -0.141. The van der Waals surface area contributed by atoms with Gasteiger partial charge in [-0.25, -0.2) is 0 Å².